The summed E-state index contributed by atoms with van der Waals surface area (Å²) in [6.07, 6.45) is 0. The van der Waals surface area contributed by atoms with Gasteiger partial charge in [-0.3, -0.25) is 9.69 Å². The molecule has 0 N–H and O–H groups in total. The predicted molar refractivity (Wildman–Crippen MR) is 131 cm³/mol. The second-order valence-electron chi connectivity index (χ2n) is 8.34. The average Bonchev–Trinajstić information content (AvgIpc) is 3.22. The number of anilines is 2. The third kappa shape index (κ3) is 5.99. The maximum atomic E-state index is 12.4. The van der Waals surface area contributed by atoms with Gasteiger partial charge in [-0.25, -0.2) is 9.78 Å². The fourth-order valence-electron chi connectivity index (χ4n) is 3.43. The van der Waals surface area contributed by atoms with Gasteiger partial charge >= 0.3 is 5.97 Å². The number of esters is 1. The van der Waals surface area contributed by atoms with Crippen molar-refractivity contribution in [1.29, 1.82) is 0 Å². The minimum absolute atomic E-state index is 0.0160. The molecule has 3 rings (SSSR count). The van der Waals surface area contributed by atoms with Gasteiger partial charge < -0.3 is 9.47 Å². The number of ether oxygens (including phenoxy) is 2. The number of benzene rings is 2. The van der Waals surface area contributed by atoms with Gasteiger partial charge in [-0.05, 0) is 61.1 Å². The monoisotopic (exact) mass is 466 g/mol. The molecule has 1 aromatic heterocycles. The average molecular weight is 467 g/mol. The van der Waals surface area contributed by atoms with E-state index in [1.807, 2.05) is 57.2 Å². The minimum atomic E-state index is -0.473. The van der Waals surface area contributed by atoms with E-state index in [0.29, 0.717) is 16.6 Å². The molecule has 1 heterocycles. The van der Waals surface area contributed by atoms with Crippen LogP contribution >= 0.6 is 11.3 Å². The van der Waals surface area contributed by atoms with E-state index < -0.39 is 5.97 Å². The third-order valence-electron chi connectivity index (χ3n) is 5.38. The lowest BCUT2D eigenvalue weighted by atomic mass is 10.0. The molecule has 3 aromatic rings. The highest BCUT2D eigenvalue weighted by atomic mass is 32.1. The van der Waals surface area contributed by atoms with Crippen molar-refractivity contribution in [2.45, 2.75) is 54.1 Å². The Balaban J connectivity index is 1.64. The third-order valence-corrected chi connectivity index (χ3v) is 6.25. The van der Waals surface area contributed by atoms with E-state index in [2.05, 4.69) is 18.8 Å². The number of aryl methyl sites for hydroxylation is 2. The lowest BCUT2D eigenvalue weighted by molar-refractivity contribution is -0.147. The zero-order valence-electron chi connectivity index (χ0n) is 20.0. The van der Waals surface area contributed by atoms with E-state index in [1.165, 1.54) is 18.3 Å². The summed E-state index contributed by atoms with van der Waals surface area (Å²) in [6.45, 7) is 11.5. The zero-order chi connectivity index (χ0) is 24.1. The van der Waals surface area contributed by atoms with Gasteiger partial charge in [0.2, 0.25) is 5.91 Å². The Hall–Kier alpha value is -3.19. The Labute approximate surface area is 199 Å². The molecule has 6 nitrogen and oxygen atoms in total. The van der Waals surface area contributed by atoms with Crippen LogP contribution in [0, 0.1) is 20.8 Å². The van der Waals surface area contributed by atoms with Gasteiger partial charge in [0.15, 0.2) is 11.7 Å². The first kappa shape index (κ1) is 24.5. The molecule has 33 heavy (non-hydrogen) atoms. The van der Waals surface area contributed by atoms with Crippen LogP contribution in [-0.4, -0.2) is 23.5 Å². The van der Waals surface area contributed by atoms with Crippen LogP contribution in [0.1, 0.15) is 54.6 Å². The summed E-state index contributed by atoms with van der Waals surface area (Å²) in [4.78, 5) is 30.8. The first-order chi connectivity index (χ1) is 15.7. The van der Waals surface area contributed by atoms with Gasteiger partial charge in [-0.15, -0.1) is 11.3 Å². The van der Waals surface area contributed by atoms with Crippen LogP contribution in [0.4, 0.5) is 10.8 Å². The van der Waals surface area contributed by atoms with Crippen molar-refractivity contribution in [3.8, 4) is 5.75 Å². The molecule has 0 bridgehead atoms. The molecule has 7 heteroatoms. The van der Waals surface area contributed by atoms with Gasteiger partial charge in [0.25, 0.3) is 0 Å². The highest BCUT2D eigenvalue weighted by molar-refractivity contribution is 7.14. The molecule has 0 unspecified atom stereocenters. The first-order valence-corrected chi connectivity index (χ1v) is 11.8. The summed E-state index contributed by atoms with van der Waals surface area (Å²) in [6, 6.07) is 11.8. The van der Waals surface area contributed by atoms with Gasteiger partial charge in [-0.2, -0.15) is 0 Å². The summed E-state index contributed by atoms with van der Waals surface area (Å²) in [5.74, 6) is 0.377. The Morgan fingerprint density at radius 3 is 2.58 bits per heavy atom. The smallest absolute Gasteiger partial charge is 0.344 e. The number of carbonyl (C=O) groups excluding carboxylic acids is 2. The van der Waals surface area contributed by atoms with Crippen LogP contribution in [0.15, 0.2) is 41.8 Å². The van der Waals surface area contributed by atoms with Crippen LogP contribution in [0.25, 0.3) is 0 Å². The fourth-order valence-corrected chi connectivity index (χ4v) is 4.29. The molecule has 0 atom stereocenters. The number of nitrogens with zero attached hydrogens (tertiary/aromatic N) is 2. The van der Waals surface area contributed by atoms with Crippen LogP contribution in [0.5, 0.6) is 5.75 Å². The lowest BCUT2D eigenvalue weighted by Gasteiger charge is -2.21. The van der Waals surface area contributed by atoms with Crippen molar-refractivity contribution >= 4 is 34.0 Å². The van der Waals surface area contributed by atoms with Crippen LogP contribution < -0.4 is 9.64 Å². The molecule has 0 aliphatic rings. The number of hydrogen-bond acceptors (Lipinski definition) is 6. The normalized spacial score (nSPS) is 10.9. The maximum Gasteiger partial charge on any atom is 0.344 e. The van der Waals surface area contributed by atoms with Crippen molar-refractivity contribution in [2.75, 3.05) is 11.5 Å². The molecule has 0 saturated carbocycles. The van der Waals surface area contributed by atoms with Gasteiger partial charge in [-0.1, -0.05) is 38.1 Å². The van der Waals surface area contributed by atoms with Crippen molar-refractivity contribution < 1.29 is 19.1 Å². The Bertz CT molecular complexity index is 1150. The van der Waals surface area contributed by atoms with Crippen molar-refractivity contribution in [3.05, 3.63) is 69.7 Å². The first-order valence-electron chi connectivity index (χ1n) is 10.9. The summed E-state index contributed by atoms with van der Waals surface area (Å²) in [7, 11) is 0. The second kappa shape index (κ2) is 10.6. The number of rotatable bonds is 8. The Morgan fingerprint density at radius 2 is 1.88 bits per heavy atom. The number of hydrogen-bond donors (Lipinski definition) is 0. The van der Waals surface area contributed by atoms with E-state index in [0.717, 1.165) is 27.9 Å². The van der Waals surface area contributed by atoms with Gasteiger partial charge in [0.05, 0.1) is 11.4 Å². The number of thiazole rings is 1. The zero-order valence-corrected chi connectivity index (χ0v) is 20.8. The molecule has 0 aliphatic carbocycles. The predicted octanol–water partition coefficient (Wildman–Crippen LogP) is 6.00. The Kier molecular flexibility index (Phi) is 7.87. The van der Waals surface area contributed by atoms with Crippen molar-refractivity contribution in [3.63, 3.8) is 0 Å². The van der Waals surface area contributed by atoms with Gasteiger partial charge in [0.1, 0.15) is 12.4 Å². The molecule has 1 amide bonds. The molecule has 0 spiro atoms. The van der Waals surface area contributed by atoms with Crippen LogP contribution in [0.2, 0.25) is 0 Å². The molecule has 0 radical (unpaired) electrons. The molecule has 2 aromatic carbocycles. The summed E-state index contributed by atoms with van der Waals surface area (Å²) >= 11 is 1.34. The highest BCUT2D eigenvalue weighted by Gasteiger charge is 2.20. The minimum Gasteiger partial charge on any atom is -0.482 e. The Morgan fingerprint density at radius 1 is 1.12 bits per heavy atom. The second-order valence-corrected chi connectivity index (χ2v) is 9.18. The number of amides is 1. The standard InChI is InChI=1S/C26H30N2O4S/c1-16(2)22-11-10-17(3)12-24(22)31-14-25(30)32-13-21-15-33-26(27-21)28(20(6)29)23-9-7-8-18(4)19(23)5/h7-12,15-16H,13-14H2,1-6H3. The number of aromatic nitrogens is 1. The summed E-state index contributed by atoms with van der Waals surface area (Å²) in [5, 5.41) is 2.34. The topological polar surface area (TPSA) is 68.7 Å². The van der Waals surface area contributed by atoms with Gasteiger partial charge in [0, 0.05) is 12.3 Å². The van der Waals surface area contributed by atoms with Crippen molar-refractivity contribution in [2.24, 2.45) is 0 Å². The van der Waals surface area contributed by atoms with Crippen molar-refractivity contribution in [1.82, 2.24) is 4.98 Å². The molecular weight excluding hydrogens is 436 g/mol. The van der Waals surface area contributed by atoms with Crippen LogP contribution in [0.3, 0.4) is 0 Å². The van der Waals surface area contributed by atoms with E-state index in [1.54, 1.807) is 10.3 Å². The fraction of sp³-hybridized carbons (Fsp3) is 0.346. The SMILES string of the molecule is CC(=O)N(c1nc(COC(=O)COc2cc(C)ccc2C(C)C)cs1)c1cccc(C)c1C. The number of carbonyl (C=O) groups is 2. The van der Waals surface area contributed by atoms with E-state index in [-0.39, 0.29) is 25.0 Å². The quantitative estimate of drug-likeness (QED) is 0.381. The molecule has 174 valence electrons. The van der Waals surface area contributed by atoms with Crippen LogP contribution in [-0.2, 0) is 20.9 Å². The lowest BCUT2D eigenvalue weighted by Crippen LogP contribution is -2.23. The molecule has 0 fully saturated rings. The largest absolute Gasteiger partial charge is 0.482 e. The summed E-state index contributed by atoms with van der Waals surface area (Å²) in [5.41, 5.74) is 5.61. The highest BCUT2D eigenvalue weighted by Crippen LogP contribution is 2.32. The van der Waals surface area contributed by atoms with E-state index in [4.69, 9.17) is 9.47 Å². The molecule has 0 aliphatic heterocycles. The maximum absolute atomic E-state index is 12.4. The summed E-state index contributed by atoms with van der Waals surface area (Å²) < 4.78 is 11.1. The van der Waals surface area contributed by atoms with E-state index >= 15 is 0 Å². The molecular formula is C26H30N2O4S. The van der Waals surface area contributed by atoms with E-state index in [9.17, 15) is 9.59 Å². The molecule has 0 saturated heterocycles.